The fourth-order valence-corrected chi connectivity index (χ4v) is 7.61. The summed E-state index contributed by atoms with van der Waals surface area (Å²) in [6.07, 6.45) is 3.01. The number of amides is 1. The fraction of sp³-hybridized carbons (Fsp3) is 0.0851. The van der Waals surface area contributed by atoms with Crippen LogP contribution >= 0.6 is 0 Å². The maximum absolute atomic E-state index is 11.5. The number of benzene rings is 7. The summed E-state index contributed by atoms with van der Waals surface area (Å²) in [7, 11) is 3.63. The van der Waals surface area contributed by atoms with Crippen molar-refractivity contribution in [3.05, 3.63) is 174 Å². The summed E-state index contributed by atoms with van der Waals surface area (Å²) in [5.74, 6) is 0. The van der Waals surface area contributed by atoms with Crippen LogP contribution in [0.1, 0.15) is 28.9 Å². The van der Waals surface area contributed by atoms with Crippen LogP contribution in [0.25, 0.3) is 60.7 Å². The van der Waals surface area contributed by atoms with Crippen LogP contribution in [0.5, 0.6) is 0 Å². The molecule has 1 amide bonds. The number of hydrogen-bond acceptors (Lipinski definition) is 5. The Kier molecular flexibility index (Phi) is 8.22. The van der Waals surface area contributed by atoms with E-state index in [0.29, 0.717) is 0 Å². The zero-order chi connectivity index (χ0) is 35.9. The number of nitrogens with one attached hydrogen (secondary N) is 3. The highest BCUT2D eigenvalue weighted by atomic mass is 16.3. The van der Waals surface area contributed by atoms with Gasteiger partial charge in [-0.15, -0.1) is 0 Å². The standard InChI is InChI=1S/C47H38N4O2/c1-48-42-26-36(22-23-43(42)51(2)29-52)33-14-8-15-37(24-33)41-28-40(49-47(50-41)32-10-4-3-5-11-32)31-20-18-30(19-21-31)38-16-9-17-44-46(38)39-25-34-12-6-7-13-35(34)27-45(39)53-44/h3-29,40,47-50H,1-2H3. The Morgan fingerprint density at radius 2 is 1.38 bits per heavy atom. The third-order valence-electron chi connectivity index (χ3n) is 10.4. The smallest absolute Gasteiger partial charge is 0.213 e. The minimum atomic E-state index is -0.0977. The van der Waals surface area contributed by atoms with Crippen LogP contribution in [-0.2, 0) is 4.79 Å². The van der Waals surface area contributed by atoms with E-state index in [1.54, 1.807) is 11.9 Å². The quantitative estimate of drug-likeness (QED) is 0.139. The van der Waals surface area contributed by atoms with Crippen molar-refractivity contribution in [3.63, 3.8) is 0 Å². The number of carbonyl (C=O) groups excluding carboxylic acids is 1. The number of carbonyl (C=O) groups is 1. The summed E-state index contributed by atoms with van der Waals surface area (Å²) >= 11 is 0. The molecule has 6 heteroatoms. The van der Waals surface area contributed by atoms with E-state index in [0.717, 1.165) is 78.8 Å². The van der Waals surface area contributed by atoms with Crippen molar-refractivity contribution in [1.82, 2.24) is 10.6 Å². The van der Waals surface area contributed by atoms with Gasteiger partial charge in [0.1, 0.15) is 17.3 Å². The number of furan rings is 1. The van der Waals surface area contributed by atoms with E-state index in [-0.39, 0.29) is 12.2 Å². The minimum Gasteiger partial charge on any atom is -0.456 e. The van der Waals surface area contributed by atoms with Gasteiger partial charge in [-0.2, -0.15) is 0 Å². The predicted molar refractivity (Wildman–Crippen MR) is 219 cm³/mol. The zero-order valence-electron chi connectivity index (χ0n) is 29.5. The van der Waals surface area contributed by atoms with E-state index in [1.165, 1.54) is 16.3 Å². The largest absolute Gasteiger partial charge is 0.456 e. The van der Waals surface area contributed by atoms with E-state index in [2.05, 4.69) is 162 Å². The molecule has 0 saturated carbocycles. The van der Waals surface area contributed by atoms with Crippen molar-refractivity contribution in [3.8, 4) is 22.3 Å². The van der Waals surface area contributed by atoms with Crippen LogP contribution in [0.3, 0.4) is 0 Å². The van der Waals surface area contributed by atoms with E-state index < -0.39 is 0 Å². The van der Waals surface area contributed by atoms with Gasteiger partial charge >= 0.3 is 0 Å². The molecule has 9 rings (SSSR count). The molecule has 7 aromatic carbocycles. The Hall–Kier alpha value is -6.63. The average molecular weight is 691 g/mol. The molecular formula is C47H38N4O2. The number of rotatable bonds is 8. The number of anilines is 2. The second kappa shape index (κ2) is 13.5. The summed E-state index contributed by atoms with van der Waals surface area (Å²) in [4.78, 5) is 13.1. The van der Waals surface area contributed by atoms with Crippen LogP contribution in [0.2, 0.25) is 0 Å². The van der Waals surface area contributed by atoms with Gasteiger partial charge in [0.2, 0.25) is 6.41 Å². The minimum absolute atomic E-state index is 0.0415. The van der Waals surface area contributed by atoms with Gasteiger partial charge < -0.3 is 20.0 Å². The Bertz CT molecular complexity index is 2660. The van der Waals surface area contributed by atoms with Crippen LogP contribution in [-0.4, -0.2) is 20.5 Å². The lowest BCUT2D eigenvalue weighted by Crippen LogP contribution is -2.39. The van der Waals surface area contributed by atoms with Crippen molar-refractivity contribution >= 4 is 56.2 Å². The molecule has 8 aromatic rings. The van der Waals surface area contributed by atoms with E-state index in [1.807, 2.05) is 19.2 Å². The molecule has 0 saturated heterocycles. The normalized spacial score (nSPS) is 15.6. The first kappa shape index (κ1) is 32.3. The molecule has 3 N–H and O–H groups in total. The van der Waals surface area contributed by atoms with Crippen LogP contribution in [0.4, 0.5) is 11.4 Å². The first-order valence-electron chi connectivity index (χ1n) is 17.9. The summed E-state index contributed by atoms with van der Waals surface area (Å²) in [5.41, 5.74) is 12.5. The molecule has 0 fully saturated rings. The molecule has 1 aromatic heterocycles. The maximum atomic E-state index is 11.5. The molecule has 2 heterocycles. The van der Waals surface area contributed by atoms with Gasteiger partial charge in [0.15, 0.2) is 0 Å². The fourth-order valence-electron chi connectivity index (χ4n) is 7.61. The van der Waals surface area contributed by atoms with E-state index >= 15 is 0 Å². The molecule has 2 atom stereocenters. The first-order valence-corrected chi connectivity index (χ1v) is 17.9. The van der Waals surface area contributed by atoms with Crippen molar-refractivity contribution in [1.29, 1.82) is 0 Å². The van der Waals surface area contributed by atoms with Gasteiger partial charge in [0.05, 0.1) is 17.4 Å². The Morgan fingerprint density at radius 3 is 2.17 bits per heavy atom. The van der Waals surface area contributed by atoms with Crippen molar-refractivity contribution in [2.45, 2.75) is 12.2 Å². The maximum Gasteiger partial charge on any atom is 0.213 e. The monoisotopic (exact) mass is 690 g/mol. The molecule has 0 radical (unpaired) electrons. The molecule has 53 heavy (non-hydrogen) atoms. The lowest BCUT2D eigenvalue weighted by Gasteiger charge is -2.33. The summed E-state index contributed by atoms with van der Waals surface area (Å²) in [5, 5.41) is 15.5. The van der Waals surface area contributed by atoms with Crippen LogP contribution in [0, 0.1) is 0 Å². The summed E-state index contributed by atoms with van der Waals surface area (Å²) in [6.45, 7) is 0. The average Bonchev–Trinajstić information content (AvgIpc) is 3.60. The van der Waals surface area contributed by atoms with E-state index in [9.17, 15) is 4.79 Å². The predicted octanol–water partition coefficient (Wildman–Crippen LogP) is 10.7. The highest BCUT2D eigenvalue weighted by molar-refractivity contribution is 6.15. The molecule has 1 aliphatic heterocycles. The Balaban J connectivity index is 1.08. The van der Waals surface area contributed by atoms with Gasteiger partial charge in [-0.1, -0.05) is 115 Å². The second-order valence-electron chi connectivity index (χ2n) is 13.6. The SMILES string of the molecule is CNc1cc(-c2cccc(C3=CC(c4ccc(-c5cccc6oc7cc8ccccc8cc7c56)cc4)NC(c4ccccc4)N3)c2)ccc1N(C)C=O. The number of hydrogen-bond donors (Lipinski definition) is 3. The highest BCUT2D eigenvalue weighted by Gasteiger charge is 2.25. The van der Waals surface area contributed by atoms with Crippen LogP contribution in [0.15, 0.2) is 162 Å². The molecule has 258 valence electrons. The van der Waals surface area contributed by atoms with Crippen molar-refractivity contribution < 1.29 is 9.21 Å². The Morgan fingerprint density at radius 1 is 0.660 bits per heavy atom. The van der Waals surface area contributed by atoms with Crippen molar-refractivity contribution in [2.75, 3.05) is 24.3 Å². The summed E-state index contributed by atoms with van der Waals surface area (Å²) < 4.78 is 6.37. The third kappa shape index (κ3) is 5.99. The highest BCUT2D eigenvalue weighted by Crippen LogP contribution is 2.39. The molecular weight excluding hydrogens is 653 g/mol. The second-order valence-corrected chi connectivity index (χ2v) is 13.6. The molecule has 0 spiro atoms. The van der Waals surface area contributed by atoms with Gasteiger partial charge in [0.25, 0.3) is 0 Å². The molecule has 6 nitrogen and oxygen atoms in total. The molecule has 1 aliphatic rings. The lowest BCUT2D eigenvalue weighted by molar-refractivity contribution is -0.107. The Labute approximate surface area is 308 Å². The van der Waals surface area contributed by atoms with Gasteiger partial charge in [-0.25, -0.2) is 0 Å². The third-order valence-corrected chi connectivity index (χ3v) is 10.4. The van der Waals surface area contributed by atoms with Gasteiger partial charge in [-0.3, -0.25) is 10.1 Å². The molecule has 0 aliphatic carbocycles. The lowest BCUT2D eigenvalue weighted by atomic mass is 9.94. The first-order chi connectivity index (χ1) is 26.1. The molecule has 0 bridgehead atoms. The van der Waals surface area contributed by atoms with Gasteiger partial charge in [-0.05, 0) is 92.2 Å². The summed E-state index contributed by atoms with van der Waals surface area (Å²) in [6, 6.07) is 53.3. The number of fused-ring (bicyclic) bond motifs is 4. The van der Waals surface area contributed by atoms with Gasteiger partial charge in [0, 0.05) is 30.6 Å². The van der Waals surface area contributed by atoms with Crippen LogP contribution < -0.4 is 20.9 Å². The molecule has 2 unspecified atom stereocenters. The zero-order valence-corrected chi connectivity index (χ0v) is 29.5. The van der Waals surface area contributed by atoms with E-state index in [4.69, 9.17) is 4.42 Å². The van der Waals surface area contributed by atoms with Crippen molar-refractivity contribution in [2.24, 2.45) is 0 Å². The topological polar surface area (TPSA) is 69.5 Å². The number of nitrogens with zero attached hydrogens (tertiary/aromatic N) is 1.